The van der Waals surface area contributed by atoms with Gasteiger partial charge in [-0.3, -0.25) is 0 Å². The molecule has 0 atom stereocenters. The minimum Gasteiger partial charge on any atom is -0.497 e. The van der Waals surface area contributed by atoms with Gasteiger partial charge in [0.2, 0.25) is 11.3 Å². The van der Waals surface area contributed by atoms with Crippen molar-refractivity contribution in [2.75, 3.05) is 24.3 Å². The average Bonchev–Trinajstić information content (AvgIpc) is 3.17. The van der Waals surface area contributed by atoms with E-state index < -0.39 is 0 Å². The van der Waals surface area contributed by atoms with Crippen molar-refractivity contribution in [1.82, 2.24) is 20.3 Å². The van der Waals surface area contributed by atoms with E-state index in [1.807, 2.05) is 42.5 Å². The first-order valence-corrected chi connectivity index (χ1v) is 8.51. The molecule has 8 heteroatoms. The molecule has 0 saturated heterocycles. The molecule has 2 N–H and O–H groups in total. The van der Waals surface area contributed by atoms with E-state index in [1.54, 1.807) is 7.11 Å². The van der Waals surface area contributed by atoms with Crippen LogP contribution in [0.1, 0.15) is 5.56 Å². The lowest BCUT2D eigenvalue weighted by Crippen LogP contribution is -2.10. The van der Waals surface area contributed by atoms with E-state index >= 15 is 0 Å². The van der Waals surface area contributed by atoms with Crippen LogP contribution in [0.25, 0.3) is 11.3 Å². The normalized spacial score (nSPS) is 10.7. The number of fused-ring (bicyclic) bond motifs is 1. The predicted molar refractivity (Wildman–Crippen MR) is 102 cm³/mol. The van der Waals surface area contributed by atoms with Crippen molar-refractivity contribution in [3.05, 3.63) is 60.2 Å². The van der Waals surface area contributed by atoms with Crippen molar-refractivity contribution in [2.45, 2.75) is 6.42 Å². The first-order chi connectivity index (χ1) is 13.3. The maximum absolute atomic E-state index is 5.19. The zero-order valence-electron chi connectivity index (χ0n) is 14.7. The van der Waals surface area contributed by atoms with Crippen LogP contribution in [0.15, 0.2) is 59.2 Å². The van der Waals surface area contributed by atoms with E-state index in [0.29, 0.717) is 29.5 Å². The van der Waals surface area contributed by atoms with Crippen LogP contribution in [0.4, 0.5) is 17.3 Å². The van der Waals surface area contributed by atoms with Crippen LogP contribution in [-0.4, -0.2) is 33.9 Å². The third-order valence-corrected chi connectivity index (χ3v) is 4.02. The second-order valence-electron chi connectivity index (χ2n) is 5.85. The fourth-order valence-electron chi connectivity index (χ4n) is 2.63. The Balaban J connectivity index is 1.54. The molecular weight excluding hydrogens is 344 g/mol. The lowest BCUT2D eigenvalue weighted by atomic mass is 10.1. The largest absolute Gasteiger partial charge is 0.497 e. The van der Waals surface area contributed by atoms with Crippen LogP contribution in [0.3, 0.4) is 0 Å². The minimum atomic E-state index is 0.347. The number of anilines is 3. The van der Waals surface area contributed by atoms with Crippen molar-refractivity contribution < 1.29 is 9.37 Å². The molecule has 2 heterocycles. The summed E-state index contributed by atoms with van der Waals surface area (Å²) in [5.74, 6) is 1.92. The molecule has 136 valence electrons. The molecule has 0 spiro atoms. The van der Waals surface area contributed by atoms with Gasteiger partial charge in [-0.15, -0.1) is 0 Å². The average molecular weight is 362 g/mol. The van der Waals surface area contributed by atoms with Crippen LogP contribution in [0.5, 0.6) is 5.75 Å². The van der Waals surface area contributed by atoms with Gasteiger partial charge in [0, 0.05) is 12.2 Å². The molecule has 0 amide bonds. The number of ether oxygens (including phenoxy) is 1. The summed E-state index contributed by atoms with van der Waals surface area (Å²) in [7, 11) is 1.63. The Hall–Kier alpha value is -3.68. The van der Waals surface area contributed by atoms with Gasteiger partial charge >= 0.3 is 0 Å². The molecule has 2 aromatic heterocycles. The fourth-order valence-corrected chi connectivity index (χ4v) is 2.63. The number of rotatable bonds is 7. The quantitative estimate of drug-likeness (QED) is 0.516. The standard InChI is InChI=1S/C19H18N6O2/c1-26-15-9-7-14(8-10-15)21-17-16(22-18-19(23-17)25-27-24-18)20-12-11-13-5-3-2-4-6-13/h2-10H,11-12H2,1H3,(H,20,22,24)(H,21,23,25). The lowest BCUT2D eigenvalue weighted by Gasteiger charge is -2.12. The monoisotopic (exact) mass is 362 g/mol. The van der Waals surface area contributed by atoms with Gasteiger partial charge in [0.15, 0.2) is 11.6 Å². The smallest absolute Gasteiger partial charge is 0.245 e. The maximum Gasteiger partial charge on any atom is 0.245 e. The molecule has 0 aliphatic rings. The van der Waals surface area contributed by atoms with Gasteiger partial charge in [0.05, 0.1) is 7.11 Å². The molecule has 0 radical (unpaired) electrons. The molecule has 27 heavy (non-hydrogen) atoms. The van der Waals surface area contributed by atoms with Crippen molar-refractivity contribution >= 4 is 28.6 Å². The summed E-state index contributed by atoms with van der Waals surface area (Å²) in [6.45, 7) is 0.701. The van der Waals surface area contributed by atoms with Crippen molar-refractivity contribution in [3.8, 4) is 5.75 Å². The van der Waals surface area contributed by atoms with E-state index in [9.17, 15) is 0 Å². The highest BCUT2D eigenvalue weighted by molar-refractivity contribution is 5.76. The molecule has 0 aliphatic carbocycles. The highest BCUT2D eigenvalue weighted by Crippen LogP contribution is 2.25. The Morgan fingerprint density at radius 1 is 0.889 bits per heavy atom. The Bertz CT molecular complexity index is 1020. The number of hydrogen-bond donors (Lipinski definition) is 2. The van der Waals surface area contributed by atoms with Gasteiger partial charge < -0.3 is 15.4 Å². The predicted octanol–water partition coefficient (Wildman–Crippen LogP) is 3.42. The van der Waals surface area contributed by atoms with Crippen LogP contribution in [-0.2, 0) is 6.42 Å². The fraction of sp³-hybridized carbons (Fsp3) is 0.158. The number of aromatic nitrogens is 4. The summed E-state index contributed by atoms with van der Waals surface area (Å²) >= 11 is 0. The number of nitrogens with zero attached hydrogens (tertiary/aromatic N) is 4. The third kappa shape index (κ3) is 3.95. The Kier molecular flexibility index (Phi) is 4.78. The zero-order valence-corrected chi connectivity index (χ0v) is 14.7. The Morgan fingerprint density at radius 3 is 2.30 bits per heavy atom. The second kappa shape index (κ2) is 7.69. The van der Waals surface area contributed by atoms with Gasteiger partial charge in [0.1, 0.15) is 5.75 Å². The molecule has 0 aliphatic heterocycles. The molecule has 0 saturated carbocycles. The minimum absolute atomic E-state index is 0.347. The van der Waals surface area contributed by atoms with Crippen LogP contribution in [0.2, 0.25) is 0 Å². The second-order valence-corrected chi connectivity index (χ2v) is 5.85. The Labute approximate surface area is 155 Å². The first kappa shape index (κ1) is 16.8. The summed E-state index contributed by atoms with van der Waals surface area (Å²) in [6, 6.07) is 17.8. The number of hydrogen-bond acceptors (Lipinski definition) is 8. The molecule has 0 bridgehead atoms. The maximum atomic E-state index is 5.19. The van der Waals surface area contributed by atoms with Crippen LogP contribution in [0, 0.1) is 0 Å². The van der Waals surface area contributed by atoms with Crippen molar-refractivity contribution in [2.24, 2.45) is 0 Å². The molecule has 4 aromatic rings. The topological polar surface area (TPSA) is 98.0 Å². The molecule has 0 fully saturated rings. The molecule has 4 rings (SSSR count). The summed E-state index contributed by atoms with van der Waals surface area (Å²) in [5, 5.41) is 14.1. The number of methoxy groups -OCH3 is 1. The zero-order chi connectivity index (χ0) is 18.5. The van der Waals surface area contributed by atoms with Crippen molar-refractivity contribution in [3.63, 3.8) is 0 Å². The molecular formula is C19H18N6O2. The van der Waals surface area contributed by atoms with Crippen LogP contribution >= 0.6 is 0 Å². The summed E-state index contributed by atoms with van der Waals surface area (Å²) in [4.78, 5) is 8.93. The highest BCUT2D eigenvalue weighted by Gasteiger charge is 2.13. The molecule has 0 unspecified atom stereocenters. The lowest BCUT2D eigenvalue weighted by molar-refractivity contribution is 0.314. The summed E-state index contributed by atoms with van der Waals surface area (Å²) in [5.41, 5.74) is 2.80. The summed E-state index contributed by atoms with van der Waals surface area (Å²) in [6.07, 6.45) is 0.861. The Morgan fingerprint density at radius 2 is 1.59 bits per heavy atom. The first-order valence-electron chi connectivity index (χ1n) is 8.51. The van der Waals surface area contributed by atoms with E-state index in [-0.39, 0.29) is 0 Å². The van der Waals surface area contributed by atoms with Gasteiger partial charge in [-0.1, -0.05) is 30.3 Å². The summed E-state index contributed by atoms with van der Waals surface area (Å²) < 4.78 is 9.92. The van der Waals surface area contributed by atoms with Crippen LogP contribution < -0.4 is 15.4 Å². The van der Waals surface area contributed by atoms with Gasteiger partial charge in [-0.2, -0.15) is 0 Å². The van der Waals surface area contributed by atoms with Gasteiger partial charge in [0.25, 0.3) is 0 Å². The van der Waals surface area contributed by atoms with E-state index in [0.717, 1.165) is 17.9 Å². The van der Waals surface area contributed by atoms with Crippen molar-refractivity contribution in [1.29, 1.82) is 0 Å². The van der Waals surface area contributed by atoms with E-state index in [2.05, 4.69) is 43.0 Å². The number of benzene rings is 2. The third-order valence-electron chi connectivity index (χ3n) is 4.02. The molecule has 2 aromatic carbocycles. The molecule has 8 nitrogen and oxygen atoms in total. The highest BCUT2D eigenvalue weighted by atomic mass is 16.6. The van der Waals surface area contributed by atoms with E-state index in [4.69, 9.17) is 9.37 Å². The number of nitrogens with one attached hydrogen (secondary N) is 2. The van der Waals surface area contributed by atoms with Gasteiger partial charge in [-0.05, 0) is 46.6 Å². The van der Waals surface area contributed by atoms with Gasteiger partial charge in [-0.25, -0.2) is 14.6 Å². The van der Waals surface area contributed by atoms with E-state index in [1.165, 1.54) is 5.56 Å². The SMILES string of the molecule is COc1ccc(Nc2nc3nonc3nc2NCCc2ccccc2)cc1.